The van der Waals surface area contributed by atoms with Gasteiger partial charge < -0.3 is 4.74 Å². The first-order valence-electron chi connectivity index (χ1n) is 3.71. The number of ether oxygens (including phenoxy) is 1. The van der Waals surface area contributed by atoms with Crippen molar-refractivity contribution in [2.24, 2.45) is 0 Å². The minimum Gasteiger partial charge on any atom is -0.469 e. The number of nitrogens with zero attached hydrogens (tertiary/aromatic N) is 2. The molecule has 0 aliphatic heterocycles. The number of halogens is 1. The first-order chi connectivity index (χ1) is 6.63. The van der Waals surface area contributed by atoms with E-state index in [1.807, 2.05) is 0 Å². The predicted molar refractivity (Wildman–Crippen MR) is 50.7 cm³/mol. The number of hydrogen-bond donors (Lipinski definition) is 0. The Kier molecular flexibility index (Phi) is 3.70. The molecule has 0 saturated heterocycles. The first-order valence-corrected chi connectivity index (χ1v) is 4.50. The summed E-state index contributed by atoms with van der Waals surface area (Å²) in [6, 6.07) is 0. The SMILES string of the molecule is COC(=O)CC(=O)c1ncc(Br)cn1. The average molecular weight is 259 g/mol. The molecule has 1 aromatic heterocycles. The van der Waals surface area contributed by atoms with E-state index in [9.17, 15) is 9.59 Å². The number of carbonyl (C=O) groups excluding carboxylic acids is 2. The molecule has 0 bridgehead atoms. The lowest BCUT2D eigenvalue weighted by Crippen LogP contribution is -2.12. The van der Waals surface area contributed by atoms with Crippen LogP contribution >= 0.6 is 15.9 Å². The molecule has 14 heavy (non-hydrogen) atoms. The minimum atomic E-state index is -0.596. The quantitative estimate of drug-likeness (QED) is 0.460. The Morgan fingerprint density at radius 3 is 2.50 bits per heavy atom. The second-order valence-electron chi connectivity index (χ2n) is 2.40. The number of rotatable bonds is 3. The van der Waals surface area contributed by atoms with Crippen LogP contribution in [0.1, 0.15) is 17.0 Å². The van der Waals surface area contributed by atoms with Crippen molar-refractivity contribution < 1.29 is 14.3 Å². The van der Waals surface area contributed by atoms with E-state index in [4.69, 9.17) is 0 Å². The van der Waals surface area contributed by atoms with Gasteiger partial charge in [0.1, 0.15) is 6.42 Å². The summed E-state index contributed by atoms with van der Waals surface area (Å²) < 4.78 is 5.01. The standard InChI is InChI=1S/C8H7BrN2O3/c1-14-7(13)2-6(12)8-10-3-5(9)4-11-8/h3-4H,2H2,1H3. The van der Waals surface area contributed by atoms with Gasteiger partial charge in [-0.1, -0.05) is 0 Å². The molecule has 0 aliphatic carbocycles. The third-order valence-electron chi connectivity index (χ3n) is 1.40. The second-order valence-corrected chi connectivity index (χ2v) is 3.32. The zero-order valence-electron chi connectivity index (χ0n) is 7.36. The molecule has 1 heterocycles. The van der Waals surface area contributed by atoms with Crippen molar-refractivity contribution in [1.29, 1.82) is 0 Å². The minimum absolute atomic E-state index is 0.0126. The van der Waals surface area contributed by atoms with Crippen LogP contribution in [0.25, 0.3) is 0 Å². The number of ketones is 1. The van der Waals surface area contributed by atoms with Crippen molar-refractivity contribution in [2.75, 3.05) is 7.11 Å². The van der Waals surface area contributed by atoms with Gasteiger partial charge in [-0.25, -0.2) is 9.97 Å². The van der Waals surface area contributed by atoms with Crippen molar-refractivity contribution >= 4 is 27.7 Å². The fourth-order valence-electron chi connectivity index (χ4n) is 0.739. The van der Waals surface area contributed by atoms with E-state index in [1.54, 1.807) is 0 Å². The summed E-state index contributed by atoms with van der Waals surface area (Å²) in [7, 11) is 1.22. The summed E-state index contributed by atoms with van der Waals surface area (Å²) in [5.41, 5.74) is 0. The smallest absolute Gasteiger partial charge is 0.313 e. The highest BCUT2D eigenvalue weighted by Gasteiger charge is 2.14. The van der Waals surface area contributed by atoms with Gasteiger partial charge >= 0.3 is 5.97 Å². The van der Waals surface area contributed by atoms with Crippen LogP contribution in [-0.4, -0.2) is 28.8 Å². The van der Waals surface area contributed by atoms with E-state index in [1.165, 1.54) is 19.5 Å². The van der Waals surface area contributed by atoms with Crippen molar-refractivity contribution in [3.05, 3.63) is 22.7 Å². The highest BCUT2D eigenvalue weighted by atomic mass is 79.9. The van der Waals surface area contributed by atoms with Crippen LogP contribution < -0.4 is 0 Å². The molecule has 0 unspecified atom stereocenters. The lowest BCUT2D eigenvalue weighted by molar-refractivity contribution is -0.139. The van der Waals surface area contributed by atoms with Crippen LogP contribution in [0.5, 0.6) is 0 Å². The normalized spacial score (nSPS) is 9.57. The van der Waals surface area contributed by atoms with Gasteiger partial charge in [0.15, 0.2) is 5.82 Å². The van der Waals surface area contributed by atoms with Gasteiger partial charge in [-0.3, -0.25) is 9.59 Å². The third kappa shape index (κ3) is 2.88. The Labute approximate surface area is 88.6 Å². The summed E-state index contributed by atoms with van der Waals surface area (Å²) in [6.07, 6.45) is 2.55. The van der Waals surface area contributed by atoms with Crippen LogP contribution in [0.3, 0.4) is 0 Å². The lowest BCUT2D eigenvalue weighted by Gasteiger charge is -1.97. The van der Waals surface area contributed by atoms with E-state index in [-0.39, 0.29) is 12.2 Å². The summed E-state index contributed by atoms with van der Waals surface area (Å²) in [6.45, 7) is 0. The highest BCUT2D eigenvalue weighted by Crippen LogP contribution is 2.05. The van der Waals surface area contributed by atoms with Crippen LogP contribution in [-0.2, 0) is 9.53 Å². The Hall–Kier alpha value is -1.30. The molecule has 0 N–H and O–H groups in total. The maximum atomic E-state index is 11.3. The molecule has 0 atom stereocenters. The molecule has 6 heteroatoms. The Morgan fingerprint density at radius 2 is 2.00 bits per heavy atom. The van der Waals surface area contributed by atoms with Gasteiger partial charge in [0.2, 0.25) is 5.78 Å². The van der Waals surface area contributed by atoms with Crippen LogP contribution in [0.15, 0.2) is 16.9 Å². The average Bonchev–Trinajstić information content (AvgIpc) is 2.18. The maximum absolute atomic E-state index is 11.3. The molecule has 0 aliphatic rings. The number of aromatic nitrogens is 2. The third-order valence-corrected chi connectivity index (χ3v) is 1.81. The number of methoxy groups -OCH3 is 1. The first kappa shape index (κ1) is 10.8. The zero-order chi connectivity index (χ0) is 10.6. The van der Waals surface area contributed by atoms with Crippen molar-refractivity contribution in [2.45, 2.75) is 6.42 Å². The molecule has 0 spiro atoms. The molecule has 1 rings (SSSR count). The van der Waals surface area contributed by atoms with Gasteiger partial charge in [-0.15, -0.1) is 0 Å². The number of esters is 1. The maximum Gasteiger partial charge on any atom is 0.313 e. The van der Waals surface area contributed by atoms with Crippen LogP contribution in [0.4, 0.5) is 0 Å². The predicted octanol–water partition coefficient (Wildman–Crippen LogP) is 0.985. The van der Waals surface area contributed by atoms with E-state index < -0.39 is 11.8 Å². The zero-order valence-corrected chi connectivity index (χ0v) is 8.94. The Morgan fingerprint density at radius 1 is 1.43 bits per heavy atom. The van der Waals surface area contributed by atoms with Crippen molar-refractivity contribution in [1.82, 2.24) is 9.97 Å². The molecular weight excluding hydrogens is 252 g/mol. The lowest BCUT2D eigenvalue weighted by atomic mass is 10.3. The summed E-state index contributed by atoms with van der Waals surface area (Å²) in [4.78, 5) is 29.5. The fourth-order valence-corrected chi connectivity index (χ4v) is 0.943. The van der Waals surface area contributed by atoms with Gasteiger partial charge in [0.25, 0.3) is 0 Å². The topological polar surface area (TPSA) is 69.2 Å². The summed E-state index contributed by atoms with van der Waals surface area (Å²) in [5, 5.41) is 0. The molecule has 74 valence electrons. The molecule has 1 aromatic rings. The van der Waals surface area contributed by atoms with Gasteiger partial charge in [-0.2, -0.15) is 0 Å². The number of carbonyl (C=O) groups is 2. The fraction of sp³-hybridized carbons (Fsp3) is 0.250. The van der Waals surface area contributed by atoms with Crippen LogP contribution in [0, 0.1) is 0 Å². The largest absolute Gasteiger partial charge is 0.469 e. The number of hydrogen-bond acceptors (Lipinski definition) is 5. The molecule has 0 aromatic carbocycles. The molecule has 0 fully saturated rings. The van der Waals surface area contributed by atoms with Crippen molar-refractivity contribution in [3.8, 4) is 0 Å². The Balaban J connectivity index is 2.70. The van der Waals surface area contributed by atoms with Crippen LogP contribution in [0.2, 0.25) is 0 Å². The monoisotopic (exact) mass is 258 g/mol. The summed E-state index contributed by atoms with van der Waals surface area (Å²) in [5.74, 6) is -1.04. The molecule has 0 amide bonds. The van der Waals surface area contributed by atoms with Gasteiger partial charge in [0, 0.05) is 12.4 Å². The number of Topliss-reactive ketones (excluding diaryl/α,β-unsaturated/α-hetero) is 1. The molecule has 5 nitrogen and oxygen atoms in total. The molecule has 0 radical (unpaired) electrons. The van der Waals surface area contributed by atoms with Gasteiger partial charge in [-0.05, 0) is 15.9 Å². The van der Waals surface area contributed by atoms with E-state index >= 15 is 0 Å². The summed E-state index contributed by atoms with van der Waals surface area (Å²) >= 11 is 3.13. The van der Waals surface area contributed by atoms with E-state index in [2.05, 4.69) is 30.6 Å². The second kappa shape index (κ2) is 4.80. The Bertz CT molecular complexity index is 350. The van der Waals surface area contributed by atoms with E-state index in [0.717, 1.165) is 0 Å². The molecular formula is C8H7BrN2O3. The van der Waals surface area contributed by atoms with E-state index in [0.29, 0.717) is 4.47 Å². The van der Waals surface area contributed by atoms with Crippen molar-refractivity contribution in [3.63, 3.8) is 0 Å². The van der Waals surface area contributed by atoms with Gasteiger partial charge in [0.05, 0.1) is 11.6 Å². The molecule has 0 saturated carbocycles. The highest BCUT2D eigenvalue weighted by molar-refractivity contribution is 9.10.